The number of hydrogen-bond donors (Lipinski definition) is 0. The second kappa shape index (κ2) is 7.40. The zero-order valence-corrected chi connectivity index (χ0v) is 16.4. The maximum atomic E-state index is 13.4. The average molecular weight is 451 g/mol. The van der Waals surface area contributed by atoms with E-state index in [1.165, 1.54) is 18.2 Å². The molecule has 0 saturated carbocycles. The molecule has 4 rings (SSSR count). The van der Waals surface area contributed by atoms with Gasteiger partial charge in [0.05, 0.1) is 5.02 Å². The molecule has 0 spiro atoms. The van der Waals surface area contributed by atoms with E-state index in [1.54, 1.807) is 4.90 Å². The van der Waals surface area contributed by atoms with Crippen molar-refractivity contribution in [1.82, 2.24) is 15.0 Å². The molecule has 1 amide bonds. The number of aromatic nitrogens is 2. The van der Waals surface area contributed by atoms with Crippen LogP contribution in [0, 0.1) is 5.82 Å². The third-order valence-electron chi connectivity index (χ3n) is 4.47. The first-order valence-electron chi connectivity index (χ1n) is 8.34. The molecule has 0 N–H and O–H groups in total. The van der Waals surface area contributed by atoms with Crippen LogP contribution in [0.2, 0.25) is 5.02 Å². The largest absolute Gasteiger partial charge is 0.337 e. The number of rotatable bonds is 4. The first-order valence-corrected chi connectivity index (χ1v) is 9.51. The molecule has 1 unspecified atom stereocenters. The smallest absolute Gasteiger partial charge is 0.249 e. The molecule has 2 aromatic carbocycles. The van der Waals surface area contributed by atoms with Gasteiger partial charge >= 0.3 is 0 Å². The van der Waals surface area contributed by atoms with Crippen LogP contribution in [0.5, 0.6) is 0 Å². The summed E-state index contributed by atoms with van der Waals surface area (Å²) < 4.78 is 19.7. The van der Waals surface area contributed by atoms with Crippen molar-refractivity contribution in [2.75, 3.05) is 0 Å². The van der Waals surface area contributed by atoms with Crippen LogP contribution >= 0.6 is 27.5 Å². The van der Waals surface area contributed by atoms with Crippen molar-refractivity contribution >= 4 is 33.4 Å². The molecule has 1 saturated heterocycles. The molecule has 0 radical (unpaired) electrons. The molecule has 1 aliphatic rings. The van der Waals surface area contributed by atoms with Crippen LogP contribution in [0.1, 0.15) is 30.3 Å². The van der Waals surface area contributed by atoms with Gasteiger partial charge in [-0.3, -0.25) is 4.79 Å². The molecule has 8 heteroatoms. The van der Waals surface area contributed by atoms with Crippen LogP contribution in [0.3, 0.4) is 0 Å². The molecule has 138 valence electrons. The highest BCUT2D eigenvalue weighted by Crippen LogP contribution is 2.34. The summed E-state index contributed by atoms with van der Waals surface area (Å²) in [6.07, 6.45) is 1.04. The SMILES string of the molecule is O=C1CCC(c2nc(-c3ccc(F)c(Cl)c3)no2)N1Cc1cccc(Br)c1. The number of hydrogen-bond acceptors (Lipinski definition) is 4. The van der Waals surface area contributed by atoms with Crippen molar-refractivity contribution in [2.45, 2.75) is 25.4 Å². The number of amides is 1. The maximum absolute atomic E-state index is 13.4. The standard InChI is InChI=1S/C19H14BrClFN3O2/c20-13-3-1-2-11(8-13)10-25-16(6-7-17(25)26)19-23-18(24-27-19)12-4-5-15(22)14(21)9-12/h1-5,8-9,16H,6-7,10H2. The topological polar surface area (TPSA) is 59.2 Å². The highest BCUT2D eigenvalue weighted by molar-refractivity contribution is 9.10. The number of nitrogens with zero attached hydrogens (tertiary/aromatic N) is 3. The maximum Gasteiger partial charge on any atom is 0.249 e. The summed E-state index contributed by atoms with van der Waals surface area (Å²) in [6.45, 7) is 0.461. The zero-order valence-electron chi connectivity index (χ0n) is 14.0. The van der Waals surface area contributed by atoms with Gasteiger partial charge in [-0.2, -0.15) is 4.98 Å². The summed E-state index contributed by atoms with van der Waals surface area (Å²) in [5.74, 6) is 0.218. The van der Waals surface area contributed by atoms with Gasteiger partial charge in [0.25, 0.3) is 0 Å². The van der Waals surface area contributed by atoms with Crippen molar-refractivity contribution < 1.29 is 13.7 Å². The van der Waals surface area contributed by atoms with E-state index in [2.05, 4.69) is 26.1 Å². The van der Waals surface area contributed by atoms with Crippen molar-refractivity contribution in [3.8, 4) is 11.4 Å². The van der Waals surface area contributed by atoms with E-state index in [0.29, 0.717) is 36.7 Å². The third-order valence-corrected chi connectivity index (χ3v) is 5.26. The normalized spacial score (nSPS) is 16.9. The summed E-state index contributed by atoms with van der Waals surface area (Å²) in [7, 11) is 0. The van der Waals surface area contributed by atoms with Crippen LogP contribution in [0.15, 0.2) is 51.5 Å². The van der Waals surface area contributed by atoms with Crippen LogP contribution in [-0.4, -0.2) is 20.9 Å². The van der Waals surface area contributed by atoms with Gasteiger partial charge in [-0.05, 0) is 42.3 Å². The lowest BCUT2D eigenvalue weighted by molar-refractivity contribution is -0.129. The number of carbonyl (C=O) groups is 1. The number of likely N-dealkylation sites (tertiary alicyclic amines) is 1. The van der Waals surface area contributed by atoms with E-state index in [9.17, 15) is 9.18 Å². The Kier molecular flexibility index (Phi) is 4.97. The molecule has 27 heavy (non-hydrogen) atoms. The fraction of sp³-hybridized carbons (Fsp3) is 0.211. The van der Waals surface area contributed by atoms with Crippen LogP contribution in [0.25, 0.3) is 11.4 Å². The Morgan fingerprint density at radius 1 is 1.30 bits per heavy atom. The third kappa shape index (κ3) is 3.75. The number of carbonyl (C=O) groups excluding carboxylic acids is 1. The minimum absolute atomic E-state index is 0.00817. The molecule has 1 atom stereocenters. The lowest BCUT2D eigenvalue weighted by Crippen LogP contribution is -2.27. The summed E-state index contributed by atoms with van der Waals surface area (Å²) >= 11 is 9.27. The predicted molar refractivity (Wildman–Crippen MR) is 101 cm³/mol. The Labute approximate surface area is 168 Å². The van der Waals surface area contributed by atoms with Crippen molar-refractivity contribution in [2.24, 2.45) is 0 Å². The number of halogens is 3. The fourth-order valence-electron chi connectivity index (χ4n) is 3.14. The van der Waals surface area contributed by atoms with Gasteiger partial charge in [0.15, 0.2) is 0 Å². The lowest BCUT2D eigenvalue weighted by atomic mass is 10.1. The first kappa shape index (κ1) is 18.1. The van der Waals surface area contributed by atoms with E-state index in [1.807, 2.05) is 24.3 Å². The molecule has 0 bridgehead atoms. The van der Waals surface area contributed by atoms with E-state index >= 15 is 0 Å². The first-order chi connectivity index (χ1) is 13.0. The van der Waals surface area contributed by atoms with E-state index in [0.717, 1.165) is 10.0 Å². The molecule has 0 aliphatic carbocycles. The van der Waals surface area contributed by atoms with Gasteiger partial charge in [-0.25, -0.2) is 4.39 Å². The predicted octanol–water partition coefficient (Wildman–Crippen LogP) is 5.16. The molecular formula is C19H14BrClFN3O2. The van der Waals surface area contributed by atoms with E-state index in [-0.39, 0.29) is 17.0 Å². The number of benzene rings is 2. The second-order valence-electron chi connectivity index (χ2n) is 6.29. The van der Waals surface area contributed by atoms with Crippen LogP contribution in [-0.2, 0) is 11.3 Å². The average Bonchev–Trinajstić information content (AvgIpc) is 3.25. The molecular weight excluding hydrogens is 437 g/mol. The molecule has 2 heterocycles. The highest BCUT2D eigenvalue weighted by atomic mass is 79.9. The summed E-state index contributed by atoms with van der Waals surface area (Å²) in [5, 5.41) is 3.96. The van der Waals surface area contributed by atoms with Crippen LogP contribution in [0.4, 0.5) is 4.39 Å². The Hall–Kier alpha value is -2.25. The van der Waals surface area contributed by atoms with Crippen molar-refractivity contribution in [1.29, 1.82) is 0 Å². The minimum atomic E-state index is -0.509. The van der Waals surface area contributed by atoms with Gasteiger partial charge in [-0.1, -0.05) is 44.8 Å². The van der Waals surface area contributed by atoms with E-state index in [4.69, 9.17) is 16.1 Å². The van der Waals surface area contributed by atoms with Gasteiger partial charge in [0.1, 0.15) is 11.9 Å². The summed E-state index contributed by atoms with van der Waals surface area (Å²) in [4.78, 5) is 18.5. The molecule has 1 aliphatic heterocycles. The Balaban J connectivity index is 1.59. The monoisotopic (exact) mass is 449 g/mol. The van der Waals surface area contributed by atoms with Gasteiger partial charge in [0.2, 0.25) is 17.6 Å². The van der Waals surface area contributed by atoms with Crippen molar-refractivity contribution in [3.05, 3.63) is 69.2 Å². The minimum Gasteiger partial charge on any atom is -0.337 e. The molecule has 1 aromatic heterocycles. The van der Waals surface area contributed by atoms with Crippen molar-refractivity contribution in [3.63, 3.8) is 0 Å². The van der Waals surface area contributed by atoms with Crippen LogP contribution < -0.4 is 0 Å². The zero-order chi connectivity index (χ0) is 19.0. The Morgan fingerprint density at radius 2 is 2.15 bits per heavy atom. The molecule has 5 nitrogen and oxygen atoms in total. The fourth-order valence-corrected chi connectivity index (χ4v) is 3.77. The second-order valence-corrected chi connectivity index (χ2v) is 7.61. The van der Waals surface area contributed by atoms with Gasteiger partial charge < -0.3 is 9.42 Å². The molecule has 1 fully saturated rings. The Morgan fingerprint density at radius 3 is 2.93 bits per heavy atom. The van der Waals surface area contributed by atoms with E-state index < -0.39 is 5.82 Å². The summed E-state index contributed by atoms with van der Waals surface area (Å²) in [6, 6.07) is 11.8. The summed E-state index contributed by atoms with van der Waals surface area (Å²) in [5.41, 5.74) is 1.56. The van der Waals surface area contributed by atoms with Gasteiger partial charge in [0, 0.05) is 23.0 Å². The van der Waals surface area contributed by atoms with Gasteiger partial charge in [-0.15, -0.1) is 0 Å². The lowest BCUT2D eigenvalue weighted by Gasteiger charge is -2.22. The Bertz CT molecular complexity index is 1010. The highest BCUT2D eigenvalue weighted by Gasteiger charge is 2.36. The molecule has 3 aromatic rings. The quantitative estimate of drug-likeness (QED) is 0.551.